The zero-order valence-corrected chi connectivity index (χ0v) is 16.5. The first-order chi connectivity index (χ1) is 13.5. The van der Waals surface area contributed by atoms with Gasteiger partial charge in [0.25, 0.3) is 5.91 Å². The van der Waals surface area contributed by atoms with E-state index in [0.717, 1.165) is 19.8 Å². The number of aromatic nitrogens is 5. The van der Waals surface area contributed by atoms with Crippen LogP contribution in [0.4, 0.5) is 13.2 Å². The minimum atomic E-state index is -4.51. The van der Waals surface area contributed by atoms with Gasteiger partial charge in [0, 0.05) is 17.8 Å². The van der Waals surface area contributed by atoms with Crippen LogP contribution in [0.15, 0.2) is 12.3 Å². The number of hydrogen-bond donors (Lipinski definition) is 2. The molecular formula is C18H23F3N6O2. The van der Waals surface area contributed by atoms with E-state index < -0.39 is 29.6 Å². The number of aromatic amines is 1. The summed E-state index contributed by atoms with van der Waals surface area (Å²) in [6, 6.07) is 0.679. The molecule has 1 amide bonds. The molecule has 1 saturated carbocycles. The molecule has 3 rings (SSSR count). The number of halogens is 3. The number of amides is 1. The maximum Gasteiger partial charge on any atom is 0.425 e. The smallest absolute Gasteiger partial charge is 0.425 e. The third-order valence-electron chi connectivity index (χ3n) is 4.67. The van der Waals surface area contributed by atoms with Gasteiger partial charge in [-0.05, 0) is 31.1 Å². The van der Waals surface area contributed by atoms with E-state index in [2.05, 4.69) is 30.9 Å². The van der Waals surface area contributed by atoms with Crippen molar-refractivity contribution in [1.82, 2.24) is 30.9 Å². The maximum atomic E-state index is 13.0. The minimum Gasteiger partial charge on any atom is -0.481 e. The Morgan fingerprint density at radius 3 is 2.52 bits per heavy atom. The van der Waals surface area contributed by atoms with Gasteiger partial charge in [0.2, 0.25) is 0 Å². The maximum absolute atomic E-state index is 13.0. The molecule has 0 spiro atoms. The zero-order valence-electron chi connectivity index (χ0n) is 16.5. The highest BCUT2D eigenvalue weighted by Crippen LogP contribution is 2.45. The van der Waals surface area contributed by atoms with Crippen LogP contribution in [0, 0.1) is 5.41 Å². The highest BCUT2D eigenvalue weighted by molar-refractivity contribution is 5.93. The summed E-state index contributed by atoms with van der Waals surface area (Å²) < 4.78 is 44.0. The van der Waals surface area contributed by atoms with E-state index in [1.165, 1.54) is 12.3 Å². The van der Waals surface area contributed by atoms with Gasteiger partial charge in [-0.3, -0.25) is 9.78 Å². The molecule has 2 atom stereocenters. The number of carbonyl (C=O) groups excluding carboxylic acids is 1. The van der Waals surface area contributed by atoms with E-state index in [9.17, 15) is 18.0 Å². The Morgan fingerprint density at radius 2 is 2.00 bits per heavy atom. The van der Waals surface area contributed by atoms with Gasteiger partial charge in [-0.15, -0.1) is 10.2 Å². The number of pyridine rings is 1. The number of nitrogens with one attached hydrogen (secondary N) is 2. The van der Waals surface area contributed by atoms with Crippen LogP contribution in [0.3, 0.4) is 0 Å². The number of H-pyrrole nitrogens is 1. The van der Waals surface area contributed by atoms with Crippen molar-refractivity contribution in [1.29, 1.82) is 0 Å². The molecule has 1 aliphatic rings. The summed E-state index contributed by atoms with van der Waals surface area (Å²) in [6.45, 7) is 6.59. The lowest BCUT2D eigenvalue weighted by Crippen LogP contribution is -2.38. The van der Waals surface area contributed by atoms with Crippen LogP contribution >= 0.6 is 0 Å². The molecule has 11 heteroatoms. The molecule has 8 nitrogen and oxygen atoms in total. The van der Waals surface area contributed by atoms with Crippen molar-refractivity contribution in [3.05, 3.63) is 29.3 Å². The molecule has 2 aromatic rings. The summed E-state index contributed by atoms with van der Waals surface area (Å²) in [5, 5.41) is 16.5. The van der Waals surface area contributed by atoms with E-state index in [1.807, 2.05) is 20.8 Å². The van der Waals surface area contributed by atoms with Gasteiger partial charge in [0.15, 0.2) is 11.9 Å². The fraction of sp³-hybridized carbons (Fsp3) is 0.611. The molecule has 0 aromatic carbocycles. The SMILES string of the molecule is C[C@H](Oc1cc(C(=O)NC(c2nn[nH]n2)C(C)(C)C)ncc1C1CC1)C(F)(F)F. The molecule has 0 radical (unpaired) electrons. The molecule has 2 N–H and O–H groups in total. The zero-order chi connectivity index (χ0) is 21.4. The van der Waals surface area contributed by atoms with Gasteiger partial charge in [-0.25, -0.2) is 0 Å². The van der Waals surface area contributed by atoms with Crippen molar-refractivity contribution in [3.8, 4) is 5.75 Å². The third-order valence-corrected chi connectivity index (χ3v) is 4.67. The van der Waals surface area contributed by atoms with Crippen molar-refractivity contribution in [2.24, 2.45) is 5.41 Å². The highest BCUT2D eigenvalue weighted by Gasteiger charge is 2.39. The van der Waals surface area contributed by atoms with E-state index >= 15 is 0 Å². The van der Waals surface area contributed by atoms with Crippen LogP contribution in [0.5, 0.6) is 5.75 Å². The standard InChI is InChI=1S/C18H23F3N6O2/c1-9(18(19,20)21)29-13-7-12(22-8-11(13)10-5-6-10)16(28)23-14(17(2,3)4)15-24-26-27-25-15/h7-10,14H,5-6H2,1-4H3,(H,23,28)(H,24,25,26,27)/t9-,14?/m0/s1. The molecule has 1 aliphatic carbocycles. The second kappa shape index (κ2) is 7.60. The summed E-state index contributed by atoms with van der Waals surface area (Å²) in [5.41, 5.74) is 0.0946. The average molecular weight is 412 g/mol. The van der Waals surface area contributed by atoms with Gasteiger partial charge in [0.1, 0.15) is 11.4 Å². The van der Waals surface area contributed by atoms with Crippen molar-refractivity contribution >= 4 is 5.91 Å². The number of carbonyl (C=O) groups is 1. The lowest BCUT2D eigenvalue weighted by molar-refractivity contribution is -0.189. The molecule has 0 saturated heterocycles. The second-order valence-electron chi connectivity index (χ2n) is 8.23. The van der Waals surface area contributed by atoms with Crippen LogP contribution in [-0.2, 0) is 0 Å². The Balaban J connectivity index is 1.86. The first-order valence-corrected chi connectivity index (χ1v) is 9.24. The van der Waals surface area contributed by atoms with E-state index in [1.54, 1.807) is 0 Å². The van der Waals surface area contributed by atoms with Crippen molar-refractivity contribution in [2.75, 3.05) is 0 Å². The number of tetrazole rings is 1. The molecule has 158 valence electrons. The van der Waals surface area contributed by atoms with Crippen LogP contribution in [-0.4, -0.2) is 43.8 Å². The molecular weight excluding hydrogens is 389 g/mol. The van der Waals surface area contributed by atoms with E-state index in [4.69, 9.17) is 4.74 Å². The first-order valence-electron chi connectivity index (χ1n) is 9.24. The van der Waals surface area contributed by atoms with Gasteiger partial charge in [-0.2, -0.15) is 18.4 Å². The normalized spacial score (nSPS) is 16.9. The van der Waals surface area contributed by atoms with Crippen LogP contribution in [0.1, 0.15) is 74.4 Å². The van der Waals surface area contributed by atoms with Gasteiger partial charge in [0.05, 0.1) is 6.04 Å². The first kappa shape index (κ1) is 21.0. The number of rotatable bonds is 6. The topological polar surface area (TPSA) is 106 Å². The summed E-state index contributed by atoms with van der Waals surface area (Å²) in [5.74, 6) is -0.134. The quantitative estimate of drug-likeness (QED) is 0.754. The van der Waals surface area contributed by atoms with Crippen molar-refractivity contribution < 1.29 is 22.7 Å². The number of ether oxygens (including phenoxy) is 1. The van der Waals surface area contributed by atoms with Crippen LogP contribution in [0.25, 0.3) is 0 Å². The Labute approximate surface area is 165 Å². The number of alkyl halides is 3. The fourth-order valence-electron chi connectivity index (χ4n) is 2.80. The molecule has 29 heavy (non-hydrogen) atoms. The summed E-state index contributed by atoms with van der Waals surface area (Å²) in [6.07, 6.45) is -3.38. The average Bonchev–Trinajstić information content (AvgIpc) is 3.32. The second-order valence-corrected chi connectivity index (χ2v) is 8.23. The van der Waals surface area contributed by atoms with Gasteiger partial charge < -0.3 is 10.1 Å². The Morgan fingerprint density at radius 1 is 1.31 bits per heavy atom. The molecule has 1 unspecified atom stereocenters. The van der Waals surface area contributed by atoms with E-state index in [-0.39, 0.29) is 17.4 Å². The summed E-state index contributed by atoms with van der Waals surface area (Å²) in [7, 11) is 0. The lowest BCUT2D eigenvalue weighted by Gasteiger charge is -2.28. The Kier molecular flexibility index (Phi) is 5.50. The molecule has 1 fully saturated rings. The number of hydrogen-bond acceptors (Lipinski definition) is 6. The lowest BCUT2D eigenvalue weighted by atomic mass is 9.86. The molecule has 0 bridgehead atoms. The van der Waals surface area contributed by atoms with Crippen molar-refractivity contribution in [3.63, 3.8) is 0 Å². The third kappa shape index (κ3) is 5.01. The summed E-state index contributed by atoms with van der Waals surface area (Å²) in [4.78, 5) is 16.9. The molecule has 2 aromatic heterocycles. The Bertz CT molecular complexity index is 859. The molecule has 2 heterocycles. The monoisotopic (exact) mass is 412 g/mol. The summed E-state index contributed by atoms with van der Waals surface area (Å²) >= 11 is 0. The largest absolute Gasteiger partial charge is 0.481 e. The van der Waals surface area contributed by atoms with Crippen LogP contribution in [0.2, 0.25) is 0 Å². The highest BCUT2D eigenvalue weighted by atomic mass is 19.4. The molecule has 0 aliphatic heterocycles. The Hall–Kier alpha value is -2.72. The van der Waals surface area contributed by atoms with Crippen molar-refractivity contribution in [2.45, 2.75) is 64.8 Å². The fourth-order valence-corrected chi connectivity index (χ4v) is 2.80. The predicted molar refractivity (Wildman–Crippen MR) is 96.2 cm³/mol. The minimum absolute atomic E-state index is 0.0318. The van der Waals surface area contributed by atoms with Gasteiger partial charge >= 0.3 is 6.18 Å². The predicted octanol–water partition coefficient (Wildman–Crippen LogP) is 3.32. The van der Waals surface area contributed by atoms with Gasteiger partial charge in [-0.1, -0.05) is 26.0 Å². The number of nitrogens with zero attached hydrogens (tertiary/aromatic N) is 4. The van der Waals surface area contributed by atoms with Crippen LogP contribution < -0.4 is 10.1 Å². The van der Waals surface area contributed by atoms with E-state index in [0.29, 0.717) is 11.4 Å².